The van der Waals surface area contributed by atoms with E-state index in [4.69, 9.17) is 37.1 Å². The summed E-state index contributed by atoms with van der Waals surface area (Å²) in [5.41, 5.74) is 2.66. The minimum atomic E-state index is -2.18. The number of carbonyl (C=O) groups excluding carboxylic acids is 2. The van der Waals surface area contributed by atoms with Crippen molar-refractivity contribution in [3.63, 3.8) is 0 Å². The molecular formula is C32H29ClN4O8. The third-order valence-corrected chi connectivity index (χ3v) is 8.34. The van der Waals surface area contributed by atoms with Crippen LogP contribution in [0.2, 0.25) is 5.28 Å². The normalized spacial score (nSPS) is 24.2. The molecule has 12 nitrogen and oxygen atoms in total. The number of aliphatic carboxylic acids is 1. The Kier molecular flexibility index (Phi) is 9.70. The zero-order valence-corrected chi connectivity index (χ0v) is 24.6. The molecule has 45 heavy (non-hydrogen) atoms. The Labute approximate surface area is 262 Å². The van der Waals surface area contributed by atoms with Crippen molar-refractivity contribution in [3.05, 3.63) is 88.6 Å². The molecule has 1 saturated heterocycles. The number of aliphatic hydroxyl groups excluding tert-OH is 1. The summed E-state index contributed by atoms with van der Waals surface area (Å²) in [4.78, 5) is 41.5. The second kappa shape index (κ2) is 13.7. The van der Waals surface area contributed by atoms with E-state index in [0.29, 0.717) is 23.3 Å². The van der Waals surface area contributed by atoms with Crippen molar-refractivity contribution < 1.29 is 39.2 Å². The zero-order valence-electron chi connectivity index (χ0n) is 23.8. The molecule has 0 bridgehead atoms. The minimum absolute atomic E-state index is 0.00956. The maximum atomic E-state index is 11.9. The quantitative estimate of drug-likeness (QED) is 0.183. The molecule has 6 rings (SSSR count). The molecular weight excluding hydrogens is 604 g/mol. The van der Waals surface area contributed by atoms with Crippen molar-refractivity contribution in [3.8, 4) is 12.3 Å². The van der Waals surface area contributed by atoms with Crippen LogP contribution in [0.3, 0.4) is 0 Å². The van der Waals surface area contributed by atoms with E-state index >= 15 is 0 Å². The van der Waals surface area contributed by atoms with Gasteiger partial charge >= 0.3 is 12.1 Å². The van der Waals surface area contributed by atoms with Crippen LogP contribution in [0.25, 0.3) is 11.2 Å². The van der Waals surface area contributed by atoms with Crippen LogP contribution < -0.4 is 0 Å². The van der Waals surface area contributed by atoms with Crippen LogP contribution in [0, 0.1) is 12.3 Å². The number of nitrogens with zero attached hydrogens (tertiary/aromatic N) is 4. The maximum absolute atomic E-state index is 11.9. The van der Waals surface area contributed by atoms with E-state index < -0.39 is 36.1 Å². The first-order valence-electron chi connectivity index (χ1n) is 14.1. The van der Waals surface area contributed by atoms with Gasteiger partial charge in [-0.05, 0) is 53.5 Å². The highest BCUT2D eigenvalue weighted by Gasteiger charge is 2.56. The zero-order chi connectivity index (χ0) is 32.1. The Morgan fingerprint density at radius 2 is 1.89 bits per heavy atom. The SMILES string of the molecule is C#C[C@@]1(O)[C@@H](COC(Cc2ccccc2)C(=O)O)O[C@@H](n2cnc3c(C[C@H]4CCc5ccccc54)nc(Cl)nc32)[C@@H]1O.O=C=O. The molecule has 0 spiro atoms. The Bertz CT molecular complexity index is 1750. The molecule has 0 radical (unpaired) electrons. The van der Waals surface area contributed by atoms with Crippen molar-refractivity contribution in [2.45, 2.75) is 61.7 Å². The molecule has 13 heteroatoms. The van der Waals surface area contributed by atoms with Crippen molar-refractivity contribution in [2.75, 3.05) is 6.61 Å². The Morgan fingerprint density at radius 3 is 2.60 bits per heavy atom. The number of carboxylic acids is 1. The highest BCUT2D eigenvalue weighted by atomic mass is 35.5. The predicted molar refractivity (Wildman–Crippen MR) is 158 cm³/mol. The van der Waals surface area contributed by atoms with Gasteiger partial charge in [0, 0.05) is 6.42 Å². The number of aryl methyl sites for hydroxylation is 1. The summed E-state index contributed by atoms with van der Waals surface area (Å²) in [7, 11) is 0. The number of benzene rings is 2. The van der Waals surface area contributed by atoms with Gasteiger partial charge in [-0.3, -0.25) is 4.57 Å². The first kappa shape index (κ1) is 31.9. The van der Waals surface area contributed by atoms with E-state index in [-0.39, 0.29) is 30.4 Å². The van der Waals surface area contributed by atoms with Crippen LogP contribution in [0.15, 0.2) is 60.9 Å². The largest absolute Gasteiger partial charge is 0.479 e. The second-order valence-electron chi connectivity index (χ2n) is 10.8. The van der Waals surface area contributed by atoms with Crippen LogP contribution in [0.5, 0.6) is 0 Å². The summed E-state index contributed by atoms with van der Waals surface area (Å²) >= 11 is 6.35. The lowest BCUT2D eigenvalue weighted by atomic mass is 9.93. The molecule has 1 aliphatic heterocycles. The van der Waals surface area contributed by atoms with Gasteiger partial charge in [0.2, 0.25) is 5.28 Å². The standard InChI is InChI=1S/C31H29ClN4O6.CO2/c1-2-31(40)24(16-41-23(29(38)39)14-18-8-4-3-5-9-18)42-28(26(31)37)36-17-33-25-22(34-30(32)35-27(25)36)15-20-13-12-19-10-6-7-11-21(19)20;2-1-3/h1,3-11,17,20,23-24,26,28,37,40H,12-16H2,(H,38,39);/t20-,23?,24-,26+,28-,31-;/m1./s1. The van der Waals surface area contributed by atoms with Gasteiger partial charge in [0.25, 0.3) is 0 Å². The third-order valence-electron chi connectivity index (χ3n) is 8.17. The number of carbonyl (C=O) groups is 1. The van der Waals surface area contributed by atoms with E-state index in [9.17, 15) is 20.1 Å². The summed E-state index contributed by atoms with van der Waals surface area (Å²) in [6.07, 6.45) is 4.73. The molecule has 4 aromatic rings. The number of rotatable bonds is 9. The summed E-state index contributed by atoms with van der Waals surface area (Å²) in [6.45, 7) is -0.382. The number of hydrogen-bond acceptors (Lipinski definition) is 10. The molecule has 1 unspecified atom stereocenters. The molecule has 232 valence electrons. The van der Waals surface area contributed by atoms with E-state index in [1.54, 1.807) is 24.3 Å². The van der Waals surface area contributed by atoms with E-state index in [2.05, 4.69) is 33.0 Å². The third kappa shape index (κ3) is 6.50. The predicted octanol–water partition coefficient (Wildman–Crippen LogP) is 2.50. The number of ether oxygens (including phenoxy) is 2. The molecule has 1 aliphatic carbocycles. The molecule has 2 aromatic carbocycles. The van der Waals surface area contributed by atoms with Gasteiger partial charge in [-0.15, -0.1) is 6.42 Å². The molecule has 2 aliphatic rings. The summed E-state index contributed by atoms with van der Waals surface area (Å²) < 4.78 is 13.2. The van der Waals surface area contributed by atoms with Gasteiger partial charge in [-0.1, -0.05) is 60.5 Å². The van der Waals surface area contributed by atoms with Gasteiger partial charge in [-0.2, -0.15) is 14.6 Å². The number of aromatic nitrogens is 4. The summed E-state index contributed by atoms with van der Waals surface area (Å²) in [5, 5.41) is 32.2. The minimum Gasteiger partial charge on any atom is -0.479 e. The Hall–Kier alpha value is -4.47. The lowest BCUT2D eigenvalue weighted by molar-refractivity contribution is -0.191. The monoisotopic (exact) mass is 632 g/mol. The molecule has 3 N–H and O–H groups in total. The van der Waals surface area contributed by atoms with Crippen LogP contribution in [-0.2, 0) is 43.1 Å². The lowest BCUT2D eigenvalue weighted by Gasteiger charge is -2.26. The number of carboxylic acid groups (broad SMARTS) is 1. The summed E-state index contributed by atoms with van der Waals surface area (Å²) in [6, 6.07) is 17.3. The number of imidazole rings is 1. The number of halogens is 1. The lowest BCUT2D eigenvalue weighted by Crippen LogP contribution is -2.48. The van der Waals surface area contributed by atoms with Crippen molar-refractivity contribution in [1.82, 2.24) is 19.5 Å². The van der Waals surface area contributed by atoms with Gasteiger partial charge in [0.05, 0.1) is 18.6 Å². The first-order chi connectivity index (χ1) is 21.7. The van der Waals surface area contributed by atoms with Crippen LogP contribution in [0.1, 0.15) is 41.0 Å². The molecule has 0 amide bonds. The van der Waals surface area contributed by atoms with Crippen molar-refractivity contribution in [2.24, 2.45) is 0 Å². The number of terminal acetylenes is 1. The van der Waals surface area contributed by atoms with E-state index in [1.807, 2.05) is 18.2 Å². The highest BCUT2D eigenvalue weighted by Crippen LogP contribution is 2.40. The van der Waals surface area contributed by atoms with Crippen LogP contribution in [-0.4, -0.2) is 77.5 Å². The fourth-order valence-corrected chi connectivity index (χ4v) is 6.11. The average molecular weight is 633 g/mol. The van der Waals surface area contributed by atoms with E-state index in [0.717, 1.165) is 18.4 Å². The Morgan fingerprint density at radius 1 is 1.18 bits per heavy atom. The Balaban J connectivity index is 0.00000128. The topological polar surface area (TPSA) is 174 Å². The van der Waals surface area contributed by atoms with Crippen LogP contribution in [0.4, 0.5) is 0 Å². The fraction of sp³-hybridized carbons (Fsp3) is 0.344. The van der Waals surface area contributed by atoms with Gasteiger partial charge < -0.3 is 24.8 Å². The van der Waals surface area contributed by atoms with Gasteiger partial charge in [0.15, 0.2) is 23.6 Å². The molecule has 3 heterocycles. The molecule has 0 saturated carbocycles. The average Bonchev–Trinajstić information content (AvgIpc) is 3.71. The molecule has 1 fully saturated rings. The molecule has 2 aromatic heterocycles. The maximum Gasteiger partial charge on any atom is 0.373 e. The smallest absolute Gasteiger partial charge is 0.373 e. The van der Waals surface area contributed by atoms with Crippen LogP contribution >= 0.6 is 11.6 Å². The van der Waals surface area contributed by atoms with Gasteiger partial charge in [0.1, 0.15) is 17.7 Å². The number of fused-ring (bicyclic) bond motifs is 2. The van der Waals surface area contributed by atoms with Crippen molar-refractivity contribution >= 4 is 34.9 Å². The second-order valence-corrected chi connectivity index (χ2v) is 11.1. The van der Waals surface area contributed by atoms with Crippen molar-refractivity contribution in [1.29, 1.82) is 0 Å². The van der Waals surface area contributed by atoms with Gasteiger partial charge in [-0.25, -0.2) is 14.8 Å². The molecule has 6 atom stereocenters. The summed E-state index contributed by atoms with van der Waals surface area (Å²) in [5.74, 6) is 1.30. The van der Waals surface area contributed by atoms with E-state index in [1.165, 1.54) is 22.0 Å². The number of hydrogen-bond donors (Lipinski definition) is 3. The first-order valence-corrected chi connectivity index (χ1v) is 14.5. The number of aliphatic hydroxyl groups is 2. The highest BCUT2D eigenvalue weighted by molar-refractivity contribution is 6.28. The fourth-order valence-electron chi connectivity index (χ4n) is 5.93.